The third kappa shape index (κ3) is 6.23. The highest BCUT2D eigenvalue weighted by atomic mass is 16.5. The fourth-order valence-electron chi connectivity index (χ4n) is 2.53. The van der Waals surface area contributed by atoms with Gasteiger partial charge in [-0.05, 0) is 31.2 Å². The van der Waals surface area contributed by atoms with Crippen LogP contribution in [0.5, 0.6) is 0 Å². The highest BCUT2D eigenvalue weighted by Gasteiger charge is 2.17. The van der Waals surface area contributed by atoms with Crippen LogP contribution in [0.4, 0.5) is 11.4 Å². The SMILES string of the molecule is COC(=O)c1ccccc1NC(=O)C[NH+](C)CC(=O)Nc1ccc(C)cc1. The second-order valence-electron chi connectivity index (χ2n) is 6.31. The highest BCUT2D eigenvalue weighted by molar-refractivity contribution is 6.01. The van der Waals surface area contributed by atoms with Crippen molar-refractivity contribution in [2.45, 2.75) is 6.92 Å². The molecule has 0 spiro atoms. The molecule has 1 unspecified atom stereocenters. The van der Waals surface area contributed by atoms with Gasteiger partial charge in [-0.25, -0.2) is 4.79 Å². The Bertz CT molecular complexity index is 818. The van der Waals surface area contributed by atoms with Crippen molar-refractivity contribution in [3.8, 4) is 0 Å². The number of ether oxygens (including phenoxy) is 1. The van der Waals surface area contributed by atoms with E-state index in [2.05, 4.69) is 10.6 Å². The number of carbonyl (C=O) groups is 3. The van der Waals surface area contributed by atoms with Crippen molar-refractivity contribution in [3.63, 3.8) is 0 Å². The van der Waals surface area contributed by atoms with Crippen LogP contribution in [0.2, 0.25) is 0 Å². The molecule has 0 bridgehead atoms. The van der Waals surface area contributed by atoms with E-state index in [0.29, 0.717) is 10.6 Å². The van der Waals surface area contributed by atoms with Gasteiger partial charge in [0.15, 0.2) is 13.1 Å². The van der Waals surface area contributed by atoms with Gasteiger partial charge in [-0.3, -0.25) is 9.59 Å². The highest BCUT2D eigenvalue weighted by Crippen LogP contribution is 2.15. The van der Waals surface area contributed by atoms with Gasteiger partial charge in [0.1, 0.15) is 0 Å². The molecule has 0 aliphatic heterocycles. The van der Waals surface area contributed by atoms with Crippen LogP contribution in [0.1, 0.15) is 15.9 Å². The van der Waals surface area contributed by atoms with E-state index < -0.39 is 5.97 Å². The molecular weight excluding hydrogens is 346 g/mol. The van der Waals surface area contributed by atoms with Gasteiger partial charge in [-0.1, -0.05) is 29.8 Å². The van der Waals surface area contributed by atoms with Crippen molar-refractivity contribution in [3.05, 3.63) is 59.7 Å². The molecule has 0 aliphatic rings. The first kappa shape index (κ1) is 20.1. The molecule has 2 rings (SSSR count). The van der Waals surface area contributed by atoms with Gasteiger partial charge >= 0.3 is 5.97 Å². The van der Waals surface area contributed by atoms with Gasteiger partial charge < -0.3 is 20.3 Å². The zero-order chi connectivity index (χ0) is 19.8. The van der Waals surface area contributed by atoms with E-state index in [4.69, 9.17) is 4.74 Å². The first-order valence-corrected chi connectivity index (χ1v) is 8.54. The van der Waals surface area contributed by atoms with Crippen LogP contribution in [0.3, 0.4) is 0 Å². The number of methoxy groups -OCH3 is 1. The Kier molecular flexibility index (Phi) is 7.08. The topological polar surface area (TPSA) is 88.9 Å². The number of amides is 2. The van der Waals surface area contributed by atoms with Crippen LogP contribution >= 0.6 is 0 Å². The molecule has 1 atom stereocenters. The maximum atomic E-state index is 12.2. The van der Waals surface area contributed by atoms with E-state index >= 15 is 0 Å². The van der Waals surface area contributed by atoms with Gasteiger partial charge in [-0.2, -0.15) is 0 Å². The summed E-state index contributed by atoms with van der Waals surface area (Å²) in [5, 5.41) is 5.50. The molecule has 3 N–H and O–H groups in total. The Labute approximate surface area is 158 Å². The molecule has 0 saturated carbocycles. The minimum absolute atomic E-state index is 0.0802. The molecule has 0 saturated heterocycles. The Morgan fingerprint density at radius 2 is 1.52 bits per heavy atom. The van der Waals surface area contributed by atoms with Crippen LogP contribution in [0.25, 0.3) is 0 Å². The molecular formula is C20H24N3O4+. The Morgan fingerprint density at radius 1 is 0.926 bits per heavy atom. The largest absolute Gasteiger partial charge is 0.465 e. The third-order valence-electron chi connectivity index (χ3n) is 3.87. The first-order valence-electron chi connectivity index (χ1n) is 8.54. The van der Waals surface area contributed by atoms with Crippen molar-refractivity contribution < 1.29 is 24.0 Å². The monoisotopic (exact) mass is 370 g/mol. The standard InChI is InChI=1S/C20H23N3O4/c1-14-8-10-15(11-9-14)21-18(24)12-23(2)13-19(25)22-17-7-5-4-6-16(17)20(26)27-3/h4-11H,12-13H2,1-3H3,(H,21,24)(H,22,25)/p+1. The minimum Gasteiger partial charge on any atom is -0.465 e. The normalized spacial score (nSPS) is 11.4. The lowest BCUT2D eigenvalue weighted by Crippen LogP contribution is -3.11. The maximum Gasteiger partial charge on any atom is 0.339 e. The van der Waals surface area contributed by atoms with E-state index in [1.165, 1.54) is 7.11 Å². The van der Waals surface area contributed by atoms with Gasteiger partial charge in [0.2, 0.25) is 0 Å². The number of para-hydroxylation sites is 1. The number of rotatable bonds is 7. The molecule has 2 amide bonds. The van der Waals surface area contributed by atoms with E-state index in [1.54, 1.807) is 31.3 Å². The number of quaternary nitrogens is 1. The predicted octanol–water partition coefficient (Wildman–Crippen LogP) is 0.874. The zero-order valence-electron chi connectivity index (χ0n) is 15.7. The fourth-order valence-corrected chi connectivity index (χ4v) is 2.53. The molecule has 7 heteroatoms. The molecule has 27 heavy (non-hydrogen) atoms. The second kappa shape index (κ2) is 9.49. The van der Waals surface area contributed by atoms with Gasteiger partial charge in [0.05, 0.1) is 25.4 Å². The number of likely N-dealkylation sites (N-methyl/N-ethyl adjacent to an activating group) is 1. The van der Waals surface area contributed by atoms with Crippen LogP contribution in [-0.4, -0.2) is 45.0 Å². The predicted molar refractivity (Wildman–Crippen MR) is 103 cm³/mol. The van der Waals surface area contributed by atoms with Gasteiger partial charge in [0.25, 0.3) is 11.8 Å². The van der Waals surface area contributed by atoms with Crippen LogP contribution in [-0.2, 0) is 14.3 Å². The summed E-state index contributed by atoms with van der Waals surface area (Å²) in [4.78, 5) is 36.8. The lowest BCUT2D eigenvalue weighted by atomic mass is 10.2. The smallest absolute Gasteiger partial charge is 0.339 e. The average Bonchev–Trinajstić information content (AvgIpc) is 2.63. The fraction of sp³-hybridized carbons (Fsp3) is 0.250. The van der Waals surface area contributed by atoms with Crippen LogP contribution in [0.15, 0.2) is 48.5 Å². The van der Waals surface area contributed by atoms with Crippen molar-refractivity contribution in [1.82, 2.24) is 0 Å². The van der Waals surface area contributed by atoms with Crippen LogP contribution < -0.4 is 15.5 Å². The molecule has 0 fully saturated rings. The zero-order valence-corrected chi connectivity index (χ0v) is 15.7. The minimum atomic E-state index is -0.524. The molecule has 0 heterocycles. The number of esters is 1. The molecule has 2 aromatic rings. The second-order valence-corrected chi connectivity index (χ2v) is 6.31. The average molecular weight is 370 g/mol. The number of nitrogens with one attached hydrogen (secondary N) is 3. The van der Waals surface area contributed by atoms with E-state index in [-0.39, 0.29) is 30.5 Å². The number of carbonyl (C=O) groups excluding carboxylic acids is 3. The summed E-state index contributed by atoms with van der Waals surface area (Å²) in [7, 11) is 3.03. The van der Waals surface area contributed by atoms with Crippen molar-refractivity contribution in [2.24, 2.45) is 0 Å². The summed E-state index contributed by atoms with van der Waals surface area (Å²) in [6.45, 7) is 2.19. The lowest BCUT2D eigenvalue weighted by molar-refractivity contribution is -0.862. The molecule has 7 nitrogen and oxygen atoms in total. The Morgan fingerprint density at radius 3 is 2.15 bits per heavy atom. The van der Waals surface area contributed by atoms with Crippen LogP contribution in [0, 0.1) is 6.92 Å². The number of hydrogen-bond donors (Lipinski definition) is 3. The number of hydrogen-bond acceptors (Lipinski definition) is 4. The van der Waals surface area contributed by atoms with Gasteiger partial charge in [-0.15, -0.1) is 0 Å². The Hall–Kier alpha value is -3.19. The summed E-state index contributed by atoms with van der Waals surface area (Å²) < 4.78 is 4.71. The number of benzene rings is 2. The van der Waals surface area contributed by atoms with Crippen molar-refractivity contribution in [1.29, 1.82) is 0 Å². The summed E-state index contributed by atoms with van der Waals surface area (Å²) in [5.74, 6) is -1.00. The number of anilines is 2. The molecule has 0 aliphatic carbocycles. The van der Waals surface area contributed by atoms with E-state index in [0.717, 1.165) is 11.3 Å². The van der Waals surface area contributed by atoms with E-state index in [9.17, 15) is 14.4 Å². The molecule has 2 aromatic carbocycles. The maximum absolute atomic E-state index is 12.2. The summed E-state index contributed by atoms with van der Waals surface area (Å²) in [6.07, 6.45) is 0. The third-order valence-corrected chi connectivity index (χ3v) is 3.87. The number of aryl methyl sites for hydroxylation is 1. The summed E-state index contributed by atoms with van der Waals surface area (Å²) >= 11 is 0. The van der Waals surface area contributed by atoms with Gasteiger partial charge in [0, 0.05) is 5.69 Å². The first-order chi connectivity index (χ1) is 12.9. The Balaban J connectivity index is 1.87. The summed E-state index contributed by atoms with van der Waals surface area (Å²) in [5.41, 5.74) is 2.49. The summed E-state index contributed by atoms with van der Waals surface area (Å²) in [6, 6.07) is 14.1. The lowest BCUT2D eigenvalue weighted by Gasteiger charge is -2.15. The van der Waals surface area contributed by atoms with Crippen molar-refractivity contribution >= 4 is 29.2 Å². The molecule has 0 radical (unpaired) electrons. The van der Waals surface area contributed by atoms with E-state index in [1.807, 2.05) is 31.2 Å². The molecule has 0 aromatic heterocycles. The molecule has 142 valence electrons. The van der Waals surface area contributed by atoms with Crippen molar-refractivity contribution in [2.75, 3.05) is 37.9 Å². The quantitative estimate of drug-likeness (QED) is 0.631.